The zero-order chi connectivity index (χ0) is 17.3. The van der Waals surface area contributed by atoms with E-state index in [1.807, 2.05) is 0 Å². The summed E-state index contributed by atoms with van der Waals surface area (Å²) < 4.78 is 15.4. The van der Waals surface area contributed by atoms with E-state index in [1.165, 1.54) is 12.3 Å². The predicted molar refractivity (Wildman–Crippen MR) is 89.5 cm³/mol. The van der Waals surface area contributed by atoms with Gasteiger partial charge in [0.25, 0.3) is 5.91 Å². The van der Waals surface area contributed by atoms with Crippen LogP contribution in [0.5, 0.6) is 0 Å². The van der Waals surface area contributed by atoms with E-state index in [2.05, 4.69) is 10.3 Å². The van der Waals surface area contributed by atoms with Crippen LogP contribution in [0.25, 0.3) is 0 Å². The molecule has 1 aliphatic carbocycles. The summed E-state index contributed by atoms with van der Waals surface area (Å²) in [7, 11) is 0. The van der Waals surface area contributed by atoms with Crippen LogP contribution in [-0.4, -0.2) is 16.0 Å². The van der Waals surface area contributed by atoms with E-state index < -0.39 is 17.7 Å². The first-order valence-electron chi connectivity index (χ1n) is 7.47. The molecule has 1 heterocycles. The molecule has 4 nitrogen and oxygen atoms in total. The van der Waals surface area contributed by atoms with Crippen molar-refractivity contribution in [3.63, 3.8) is 0 Å². The zero-order valence-electron chi connectivity index (χ0n) is 12.6. The van der Waals surface area contributed by atoms with Crippen molar-refractivity contribution in [2.24, 2.45) is 0 Å². The van der Waals surface area contributed by atoms with Gasteiger partial charge in [0.05, 0.1) is 11.8 Å². The van der Waals surface area contributed by atoms with Crippen molar-refractivity contribution < 1.29 is 14.3 Å². The highest BCUT2D eigenvalue weighted by Gasteiger charge is 2.46. The highest BCUT2D eigenvalue weighted by molar-refractivity contribution is 6.36. The smallest absolute Gasteiger partial charge is 0.262 e. The molecule has 1 aliphatic rings. The summed E-state index contributed by atoms with van der Waals surface area (Å²) in [5, 5.41) is 13.3. The van der Waals surface area contributed by atoms with E-state index in [-0.39, 0.29) is 30.6 Å². The lowest BCUT2D eigenvalue weighted by Gasteiger charge is -2.32. The summed E-state index contributed by atoms with van der Waals surface area (Å²) in [5.41, 5.74) is -1.40. The monoisotopic (exact) mass is 368 g/mol. The first-order valence-corrected chi connectivity index (χ1v) is 8.22. The molecule has 0 saturated heterocycles. The predicted octanol–water partition coefficient (Wildman–Crippen LogP) is 3.70. The Morgan fingerprint density at radius 1 is 1.33 bits per heavy atom. The van der Waals surface area contributed by atoms with E-state index >= 15 is 4.39 Å². The third-order valence-electron chi connectivity index (χ3n) is 4.19. The van der Waals surface area contributed by atoms with Gasteiger partial charge in [0.2, 0.25) is 5.67 Å². The number of hydrogen-bond acceptors (Lipinski definition) is 3. The summed E-state index contributed by atoms with van der Waals surface area (Å²) in [6.45, 7) is 0.0150. The third kappa shape index (κ3) is 2.99. The molecule has 1 aromatic heterocycles. The van der Waals surface area contributed by atoms with Gasteiger partial charge in [0.1, 0.15) is 0 Å². The van der Waals surface area contributed by atoms with E-state index in [0.717, 1.165) is 0 Å². The SMILES string of the molecule is O=C(NCc1c(Cl)cccc1Cl)[C@@]1(F)CC[C@@H](O)c2ncccc21. The van der Waals surface area contributed by atoms with E-state index in [1.54, 1.807) is 24.3 Å². The van der Waals surface area contributed by atoms with Gasteiger partial charge in [-0.05, 0) is 31.0 Å². The number of carbonyl (C=O) groups is 1. The van der Waals surface area contributed by atoms with Crippen LogP contribution < -0.4 is 5.32 Å². The molecule has 0 spiro atoms. The van der Waals surface area contributed by atoms with Crippen molar-refractivity contribution in [1.82, 2.24) is 10.3 Å². The normalized spacial score (nSPS) is 22.8. The molecule has 3 rings (SSSR count). The second kappa shape index (κ2) is 6.67. The molecule has 1 amide bonds. The summed E-state index contributed by atoms with van der Waals surface area (Å²) in [6, 6.07) is 8.01. The molecule has 0 bridgehead atoms. The summed E-state index contributed by atoms with van der Waals surface area (Å²) in [4.78, 5) is 16.5. The molecular weight excluding hydrogens is 354 g/mol. The number of amides is 1. The maximum atomic E-state index is 15.4. The van der Waals surface area contributed by atoms with Crippen LogP contribution in [0.15, 0.2) is 36.5 Å². The standard InChI is InChI=1S/C17H15Cl2FN2O2/c18-12-4-1-5-13(19)10(12)9-22-16(24)17(20)7-6-14(23)15-11(17)3-2-8-21-15/h1-5,8,14,23H,6-7,9H2,(H,22,24)/t14-,17-/m1/s1. The van der Waals surface area contributed by atoms with Gasteiger partial charge in [0, 0.05) is 33.9 Å². The van der Waals surface area contributed by atoms with Gasteiger partial charge in [-0.25, -0.2) is 4.39 Å². The van der Waals surface area contributed by atoms with E-state index in [4.69, 9.17) is 23.2 Å². The Kier molecular flexibility index (Phi) is 4.76. The van der Waals surface area contributed by atoms with Gasteiger partial charge in [0.15, 0.2) is 0 Å². The number of fused-ring (bicyclic) bond motifs is 1. The number of nitrogens with zero attached hydrogens (tertiary/aromatic N) is 1. The molecule has 24 heavy (non-hydrogen) atoms. The highest BCUT2D eigenvalue weighted by Crippen LogP contribution is 2.42. The van der Waals surface area contributed by atoms with Gasteiger partial charge in [-0.1, -0.05) is 35.3 Å². The first kappa shape index (κ1) is 17.1. The topological polar surface area (TPSA) is 62.2 Å². The number of aromatic nitrogens is 1. The minimum Gasteiger partial charge on any atom is -0.387 e. The number of aliphatic hydroxyl groups excluding tert-OH is 1. The fourth-order valence-corrected chi connectivity index (χ4v) is 3.40. The molecule has 2 aromatic rings. The molecule has 1 aromatic carbocycles. The average Bonchev–Trinajstić information content (AvgIpc) is 2.58. The van der Waals surface area contributed by atoms with Crippen molar-refractivity contribution in [3.8, 4) is 0 Å². The van der Waals surface area contributed by atoms with Crippen LogP contribution >= 0.6 is 23.2 Å². The Bertz CT molecular complexity index is 767. The largest absolute Gasteiger partial charge is 0.387 e. The molecule has 2 N–H and O–H groups in total. The molecule has 0 saturated carbocycles. The molecule has 0 radical (unpaired) electrons. The molecule has 0 fully saturated rings. The maximum absolute atomic E-state index is 15.4. The minimum atomic E-state index is -2.24. The zero-order valence-corrected chi connectivity index (χ0v) is 14.1. The van der Waals surface area contributed by atoms with Crippen LogP contribution in [0.3, 0.4) is 0 Å². The van der Waals surface area contributed by atoms with Gasteiger partial charge in [-0.2, -0.15) is 0 Å². The molecule has 126 valence electrons. The minimum absolute atomic E-state index is 0.0150. The van der Waals surface area contributed by atoms with Crippen LogP contribution in [0.1, 0.15) is 35.8 Å². The maximum Gasteiger partial charge on any atom is 0.262 e. The number of hydrogen-bond donors (Lipinski definition) is 2. The number of halogens is 3. The van der Waals surface area contributed by atoms with Crippen LogP contribution in [0.4, 0.5) is 4.39 Å². The number of rotatable bonds is 3. The summed E-state index contributed by atoms with van der Waals surface area (Å²) >= 11 is 12.1. The molecule has 0 unspecified atom stereocenters. The van der Waals surface area contributed by atoms with Crippen molar-refractivity contribution in [2.45, 2.75) is 31.2 Å². The number of aliphatic hydroxyl groups is 1. The lowest BCUT2D eigenvalue weighted by Crippen LogP contribution is -2.44. The van der Waals surface area contributed by atoms with Crippen molar-refractivity contribution >= 4 is 29.1 Å². The van der Waals surface area contributed by atoms with Crippen LogP contribution in [0.2, 0.25) is 10.0 Å². The number of benzene rings is 1. The number of alkyl halides is 1. The van der Waals surface area contributed by atoms with E-state index in [9.17, 15) is 9.90 Å². The second-order valence-corrected chi connectivity index (χ2v) is 6.49. The lowest BCUT2D eigenvalue weighted by atomic mass is 9.81. The molecule has 2 atom stereocenters. The summed E-state index contributed by atoms with van der Waals surface area (Å²) in [5.74, 6) is -0.792. The van der Waals surface area contributed by atoms with Crippen LogP contribution in [0, 0.1) is 0 Å². The molecular formula is C17H15Cl2FN2O2. The van der Waals surface area contributed by atoms with Crippen molar-refractivity contribution in [3.05, 3.63) is 63.4 Å². The fraction of sp³-hybridized carbons (Fsp3) is 0.294. The first-order chi connectivity index (χ1) is 11.4. The Hall–Kier alpha value is -1.69. The molecule has 0 aliphatic heterocycles. The van der Waals surface area contributed by atoms with Crippen molar-refractivity contribution in [1.29, 1.82) is 0 Å². The Labute approximate surface area is 148 Å². The Balaban J connectivity index is 1.84. The lowest BCUT2D eigenvalue weighted by molar-refractivity contribution is -0.135. The third-order valence-corrected chi connectivity index (χ3v) is 4.90. The van der Waals surface area contributed by atoms with Gasteiger partial charge in [-0.15, -0.1) is 0 Å². The van der Waals surface area contributed by atoms with Crippen LogP contribution in [-0.2, 0) is 17.0 Å². The number of carbonyl (C=O) groups excluding carboxylic acids is 1. The van der Waals surface area contributed by atoms with Gasteiger partial charge >= 0.3 is 0 Å². The Morgan fingerprint density at radius 3 is 2.75 bits per heavy atom. The van der Waals surface area contributed by atoms with Crippen molar-refractivity contribution in [2.75, 3.05) is 0 Å². The second-order valence-electron chi connectivity index (χ2n) is 5.67. The summed E-state index contributed by atoms with van der Waals surface area (Å²) in [6.07, 6.45) is 0.612. The molecule has 7 heteroatoms. The van der Waals surface area contributed by atoms with Gasteiger partial charge in [-0.3, -0.25) is 9.78 Å². The van der Waals surface area contributed by atoms with Gasteiger partial charge < -0.3 is 10.4 Å². The number of nitrogens with one attached hydrogen (secondary N) is 1. The quantitative estimate of drug-likeness (QED) is 0.868. The average molecular weight is 369 g/mol. The highest BCUT2D eigenvalue weighted by atomic mass is 35.5. The van der Waals surface area contributed by atoms with E-state index in [0.29, 0.717) is 15.6 Å². The fourth-order valence-electron chi connectivity index (χ4n) is 2.87. The number of pyridine rings is 1. The Morgan fingerprint density at radius 2 is 2.04 bits per heavy atom.